The number of methoxy groups -OCH3 is 1. The van der Waals surface area contributed by atoms with Crippen LogP contribution in [0.5, 0.6) is 11.5 Å². The van der Waals surface area contributed by atoms with E-state index >= 15 is 0 Å². The van der Waals surface area contributed by atoms with Crippen molar-refractivity contribution in [1.82, 2.24) is 4.98 Å². The highest BCUT2D eigenvalue weighted by Crippen LogP contribution is 2.28. The van der Waals surface area contributed by atoms with Crippen LogP contribution in [0.25, 0.3) is 0 Å². The van der Waals surface area contributed by atoms with Crippen LogP contribution < -0.4 is 14.9 Å². The molecule has 0 radical (unpaired) electrons. The molecule has 0 saturated carbocycles. The van der Waals surface area contributed by atoms with Crippen molar-refractivity contribution in [3.05, 3.63) is 71.2 Å². The summed E-state index contributed by atoms with van der Waals surface area (Å²) in [6.45, 7) is 4.33. The molecule has 0 aliphatic rings. The number of nitriles is 1. The Morgan fingerprint density at radius 2 is 2.00 bits per heavy atom. The lowest BCUT2D eigenvalue weighted by molar-refractivity contribution is 0.284. The molecule has 7 nitrogen and oxygen atoms in total. The predicted octanol–water partition coefficient (Wildman–Crippen LogP) is 4.70. The molecule has 1 aromatic heterocycles. The van der Waals surface area contributed by atoms with E-state index in [1.54, 1.807) is 13.3 Å². The van der Waals surface area contributed by atoms with Crippen molar-refractivity contribution in [3.8, 4) is 17.6 Å². The number of benzene rings is 2. The summed E-state index contributed by atoms with van der Waals surface area (Å²) in [7, 11) is 1.59. The summed E-state index contributed by atoms with van der Waals surface area (Å²) in [4.78, 5) is 4.14. The first-order chi connectivity index (χ1) is 14.1. The maximum absolute atomic E-state index is 9.17. The molecule has 0 bridgehead atoms. The van der Waals surface area contributed by atoms with Crippen LogP contribution in [0.2, 0.25) is 0 Å². The predicted molar refractivity (Wildman–Crippen MR) is 110 cm³/mol. The topological polar surface area (TPSA) is 92.7 Å². The number of nitrogens with one attached hydrogen (secondary N) is 1. The monoisotopic (exact) mass is 390 g/mol. The van der Waals surface area contributed by atoms with Crippen LogP contribution in [0.1, 0.15) is 42.5 Å². The van der Waals surface area contributed by atoms with E-state index in [0.29, 0.717) is 24.0 Å². The zero-order chi connectivity index (χ0) is 20.6. The van der Waals surface area contributed by atoms with Crippen molar-refractivity contribution in [1.29, 1.82) is 5.26 Å². The van der Waals surface area contributed by atoms with E-state index in [2.05, 4.69) is 15.5 Å². The molecule has 0 aliphatic heterocycles. The van der Waals surface area contributed by atoms with Crippen LogP contribution in [0.3, 0.4) is 0 Å². The number of hydrazone groups is 1. The van der Waals surface area contributed by atoms with E-state index in [-0.39, 0.29) is 17.5 Å². The fraction of sp³-hybridized carbons (Fsp3) is 0.227. The molecule has 2 aromatic carbocycles. The largest absolute Gasteiger partial charge is 0.493 e. The summed E-state index contributed by atoms with van der Waals surface area (Å²) in [6, 6.07) is 17.4. The molecule has 0 saturated heterocycles. The van der Waals surface area contributed by atoms with Gasteiger partial charge in [-0.2, -0.15) is 10.4 Å². The molecule has 0 amide bonds. The van der Waals surface area contributed by atoms with Crippen molar-refractivity contribution < 1.29 is 13.9 Å². The van der Waals surface area contributed by atoms with Gasteiger partial charge in [0.05, 0.1) is 13.3 Å². The zero-order valence-electron chi connectivity index (χ0n) is 16.5. The van der Waals surface area contributed by atoms with Gasteiger partial charge in [-0.05, 0) is 29.3 Å². The van der Waals surface area contributed by atoms with Crippen molar-refractivity contribution in [2.24, 2.45) is 5.10 Å². The second-order valence-electron chi connectivity index (χ2n) is 6.55. The van der Waals surface area contributed by atoms with Gasteiger partial charge in [0.2, 0.25) is 11.6 Å². The SMILES string of the molecule is COc1cc(/C=N/Nc2oc(C(C)C)nc2C#N)ccc1OCc1ccccc1. The Morgan fingerprint density at radius 3 is 2.69 bits per heavy atom. The number of hydrogen-bond acceptors (Lipinski definition) is 7. The third kappa shape index (κ3) is 5.14. The number of hydrogen-bond donors (Lipinski definition) is 1. The Bertz CT molecular complexity index is 1020. The van der Waals surface area contributed by atoms with Gasteiger partial charge < -0.3 is 13.9 Å². The Kier molecular flexibility index (Phi) is 6.48. The first-order valence-corrected chi connectivity index (χ1v) is 9.15. The molecule has 0 aliphatic carbocycles. The van der Waals surface area contributed by atoms with E-state index in [1.165, 1.54) is 0 Å². The minimum absolute atomic E-state index is 0.0781. The standard InChI is InChI=1S/C22H22N4O3/c1-15(2)21-25-18(12-23)22(29-21)26-24-13-17-9-10-19(20(11-17)27-3)28-14-16-7-5-4-6-8-16/h4-11,13,15,26H,14H2,1-3H3/b24-13+. The van der Waals surface area contributed by atoms with E-state index in [4.69, 9.17) is 19.2 Å². The summed E-state index contributed by atoms with van der Waals surface area (Å²) < 4.78 is 16.8. The zero-order valence-corrected chi connectivity index (χ0v) is 16.5. The second kappa shape index (κ2) is 9.42. The summed E-state index contributed by atoms with van der Waals surface area (Å²) in [6.07, 6.45) is 1.60. The highest BCUT2D eigenvalue weighted by atomic mass is 16.5. The van der Waals surface area contributed by atoms with Crippen LogP contribution in [-0.4, -0.2) is 18.3 Å². The summed E-state index contributed by atoms with van der Waals surface area (Å²) >= 11 is 0. The van der Waals surface area contributed by atoms with Crippen LogP contribution in [0, 0.1) is 11.3 Å². The van der Waals surface area contributed by atoms with Gasteiger partial charge in [0.25, 0.3) is 5.88 Å². The number of aromatic nitrogens is 1. The van der Waals surface area contributed by atoms with E-state index in [1.807, 2.05) is 68.4 Å². The average Bonchev–Trinajstić information content (AvgIpc) is 3.17. The number of nitrogens with zero attached hydrogens (tertiary/aromatic N) is 3. The number of anilines is 1. The van der Waals surface area contributed by atoms with Crippen molar-refractivity contribution in [2.75, 3.05) is 12.5 Å². The molecule has 0 unspecified atom stereocenters. The minimum Gasteiger partial charge on any atom is -0.493 e. The fourth-order valence-electron chi connectivity index (χ4n) is 2.52. The van der Waals surface area contributed by atoms with Gasteiger partial charge in [-0.3, -0.25) is 0 Å². The Labute approximate surface area is 169 Å². The Balaban J connectivity index is 1.68. The maximum Gasteiger partial charge on any atom is 0.252 e. The Hall–Kier alpha value is -3.79. The van der Waals surface area contributed by atoms with Gasteiger partial charge in [-0.25, -0.2) is 10.4 Å². The fourth-order valence-corrected chi connectivity index (χ4v) is 2.52. The van der Waals surface area contributed by atoms with Gasteiger partial charge in [-0.15, -0.1) is 0 Å². The minimum atomic E-state index is 0.0781. The van der Waals surface area contributed by atoms with Crippen molar-refractivity contribution in [3.63, 3.8) is 0 Å². The Morgan fingerprint density at radius 1 is 1.21 bits per heavy atom. The number of ether oxygens (including phenoxy) is 2. The molecule has 0 fully saturated rings. The summed E-state index contributed by atoms with van der Waals surface area (Å²) in [5, 5.41) is 13.3. The molecular weight excluding hydrogens is 368 g/mol. The van der Waals surface area contributed by atoms with Crippen molar-refractivity contribution >= 4 is 12.1 Å². The molecule has 3 aromatic rings. The van der Waals surface area contributed by atoms with E-state index in [0.717, 1.165) is 11.1 Å². The highest BCUT2D eigenvalue weighted by molar-refractivity contribution is 5.81. The molecule has 3 rings (SSSR count). The van der Waals surface area contributed by atoms with E-state index in [9.17, 15) is 0 Å². The third-order valence-electron chi connectivity index (χ3n) is 4.05. The molecule has 148 valence electrons. The average molecular weight is 390 g/mol. The van der Waals surface area contributed by atoms with Gasteiger partial charge >= 0.3 is 0 Å². The van der Waals surface area contributed by atoms with Gasteiger partial charge in [-0.1, -0.05) is 44.2 Å². The van der Waals surface area contributed by atoms with Gasteiger partial charge in [0.1, 0.15) is 12.7 Å². The number of rotatable bonds is 8. The molecule has 1 heterocycles. The highest BCUT2D eigenvalue weighted by Gasteiger charge is 2.14. The lowest BCUT2D eigenvalue weighted by Gasteiger charge is -2.11. The molecule has 29 heavy (non-hydrogen) atoms. The lowest BCUT2D eigenvalue weighted by atomic mass is 10.2. The van der Waals surface area contributed by atoms with E-state index < -0.39 is 0 Å². The first kappa shape index (κ1) is 20.0. The summed E-state index contributed by atoms with van der Waals surface area (Å²) in [5.74, 6) is 2.03. The number of oxazole rings is 1. The van der Waals surface area contributed by atoms with Crippen LogP contribution in [0.4, 0.5) is 5.88 Å². The van der Waals surface area contributed by atoms with Gasteiger partial charge in [0.15, 0.2) is 11.5 Å². The third-order valence-corrected chi connectivity index (χ3v) is 4.05. The van der Waals surface area contributed by atoms with Crippen LogP contribution in [0.15, 0.2) is 58.0 Å². The molecule has 0 spiro atoms. The smallest absolute Gasteiger partial charge is 0.252 e. The molecule has 0 atom stereocenters. The normalized spacial score (nSPS) is 10.9. The maximum atomic E-state index is 9.17. The van der Waals surface area contributed by atoms with Crippen molar-refractivity contribution in [2.45, 2.75) is 26.4 Å². The quantitative estimate of drug-likeness (QED) is 0.442. The summed E-state index contributed by atoms with van der Waals surface area (Å²) in [5.41, 5.74) is 4.78. The lowest BCUT2D eigenvalue weighted by Crippen LogP contribution is -1.98. The second-order valence-corrected chi connectivity index (χ2v) is 6.55. The molecule has 1 N–H and O–H groups in total. The van der Waals surface area contributed by atoms with Crippen LogP contribution in [-0.2, 0) is 6.61 Å². The van der Waals surface area contributed by atoms with Gasteiger partial charge in [0, 0.05) is 5.92 Å². The molecular formula is C22H22N4O3. The molecule has 7 heteroatoms. The first-order valence-electron chi connectivity index (χ1n) is 9.15. The van der Waals surface area contributed by atoms with Crippen LogP contribution >= 0.6 is 0 Å².